The van der Waals surface area contributed by atoms with E-state index in [0.29, 0.717) is 17.0 Å². The first-order valence-corrected chi connectivity index (χ1v) is 22.3. The van der Waals surface area contributed by atoms with Gasteiger partial charge in [-0.05, 0) is 49.1 Å². The van der Waals surface area contributed by atoms with Crippen molar-refractivity contribution in [2.45, 2.75) is 140 Å². The van der Waals surface area contributed by atoms with Gasteiger partial charge >= 0.3 is 12.1 Å². The van der Waals surface area contributed by atoms with Gasteiger partial charge < -0.3 is 29.0 Å². The average Bonchev–Trinajstić information content (AvgIpc) is 3.52. The number of amides is 3. The summed E-state index contributed by atoms with van der Waals surface area (Å²) in [4.78, 5) is 38.7. The van der Waals surface area contributed by atoms with Gasteiger partial charge in [-0.3, -0.25) is 9.88 Å². The number of imidazole rings is 1. The van der Waals surface area contributed by atoms with Crippen LogP contribution in [0, 0.1) is 0 Å². The number of carbonyl (C=O) groups is 2. The van der Waals surface area contributed by atoms with Crippen molar-refractivity contribution in [3.63, 3.8) is 0 Å². The molecule has 4 rings (SSSR count). The van der Waals surface area contributed by atoms with Crippen molar-refractivity contribution in [2.75, 3.05) is 19.0 Å². The van der Waals surface area contributed by atoms with E-state index in [1.807, 2.05) is 4.57 Å². The minimum Gasteiger partial charge on any atom is -0.447 e. The van der Waals surface area contributed by atoms with E-state index in [9.17, 15) is 9.59 Å². The number of rotatable bonds is 9. The summed E-state index contributed by atoms with van der Waals surface area (Å²) in [6.07, 6.45) is 5.44. The Kier molecular flexibility index (Phi) is 10.9. The summed E-state index contributed by atoms with van der Waals surface area (Å²) in [5.74, 6) is 0.311. The number of fused-ring (bicyclic) bond motifs is 1. The number of alkyl carbamates (subject to hydrolysis) is 1. The van der Waals surface area contributed by atoms with Gasteiger partial charge in [0.2, 0.25) is 0 Å². The van der Waals surface area contributed by atoms with Gasteiger partial charge in [-0.2, -0.15) is 0 Å². The van der Waals surface area contributed by atoms with Crippen LogP contribution in [0.2, 0.25) is 36.3 Å². The van der Waals surface area contributed by atoms with Gasteiger partial charge in [0.25, 0.3) is 0 Å². The van der Waals surface area contributed by atoms with Crippen LogP contribution in [-0.2, 0) is 18.3 Å². The zero-order valence-corrected chi connectivity index (χ0v) is 31.5. The molecule has 0 unspecified atom stereocenters. The first-order chi connectivity index (χ1) is 21.3. The first kappa shape index (κ1) is 36.2. The molecule has 0 radical (unpaired) electrons. The number of nitrogens with zero attached hydrogens (tertiary/aromatic N) is 4. The lowest BCUT2D eigenvalue weighted by Gasteiger charge is -2.44. The molecule has 1 saturated heterocycles. The van der Waals surface area contributed by atoms with Gasteiger partial charge in [-0.1, -0.05) is 60.8 Å². The maximum absolute atomic E-state index is 12.9. The van der Waals surface area contributed by atoms with E-state index < -0.39 is 47.3 Å². The molecular formula is C31H55N7O6Si2. The van der Waals surface area contributed by atoms with Gasteiger partial charge in [0.05, 0.1) is 6.33 Å². The van der Waals surface area contributed by atoms with Crippen molar-refractivity contribution >= 4 is 45.7 Å². The zero-order valence-electron chi connectivity index (χ0n) is 29.5. The molecule has 0 bridgehead atoms. The Bertz CT molecular complexity index is 1370. The summed E-state index contributed by atoms with van der Waals surface area (Å²) in [7, 11) is -3.23. The molecule has 2 aliphatic rings. The van der Waals surface area contributed by atoms with Crippen molar-refractivity contribution in [3.05, 3.63) is 12.7 Å². The first-order valence-electron chi connectivity index (χ1n) is 16.5. The number of carbonyl (C=O) groups excluding carboxylic acids is 2. The molecule has 4 atom stereocenters. The predicted molar refractivity (Wildman–Crippen MR) is 183 cm³/mol. The molecule has 1 aliphatic heterocycles. The van der Waals surface area contributed by atoms with E-state index in [1.54, 1.807) is 6.33 Å². The number of urea groups is 1. The van der Waals surface area contributed by atoms with Gasteiger partial charge in [0.1, 0.15) is 31.2 Å². The van der Waals surface area contributed by atoms with Crippen molar-refractivity contribution in [2.24, 2.45) is 0 Å². The van der Waals surface area contributed by atoms with Crippen LogP contribution in [-0.4, -0.2) is 86.3 Å². The molecule has 1 saturated carbocycles. The average molecular weight is 678 g/mol. The summed E-state index contributed by atoms with van der Waals surface area (Å²) < 4.78 is 28.3. The lowest BCUT2D eigenvalue weighted by Crippen LogP contribution is -2.54. The molecule has 2 aromatic heterocycles. The highest BCUT2D eigenvalue weighted by Crippen LogP contribution is 2.46. The molecular weight excluding hydrogens is 623 g/mol. The topological polar surface area (TPSA) is 151 Å². The molecule has 0 spiro atoms. The molecule has 2 aromatic rings. The summed E-state index contributed by atoms with van der Waals surface area (Å²) >= 11 is 0. The van der Waals surface area contributed by atoms with Crippen LogP contribution >= 0.6 is 0 Å². The molecule has 13 nitrogen and oxygen atoms in total. The van der Waals surface area contributed by atoms with E-state index >= 15 is 0 Å². The lowest BCUT2D eigenvalue weighted by atomic mass is 9.96. The molecule has 46 heavy (non-hydrogen) atoms. The maximum Gasteiger partial charge on any atom is 0.406 e. The van der Waals surface area contributed by atoms with Crippen LogP contribution in [0.3, 0.4) is 0 Å². The van der Waals surface area contributed by atoms with Gasteiger partial charge in [0, 0.05) is 13.1 Å². The molecule has 3 amide bonds. The second-order valence-electron chi connectivity index (χ2n) is 15.6. The second kappa shape index (κ2) is 13.9. The fourth-order valence-corrected chi connectivity index (χ4v) is 7.91. The number of hydrogen-bond acceptors (Lipinski definition) is 9. The number of ether oxygens (including phenoxy) is 2. The standard InChI is InChI=1S/C31H55N7O6Si2/c1-30(2,3)45(8,9)43-23-21(17-41-29(40)32-7)42-27(24(23)44-46(10,11)31(4,5)6)38-19-35-22-25(33-18-34-26(22)38)37-28(39)36-20-15-13-12-14-16-20/h18-21,23-24,27H,12-17H2,1-11H3,(H,32,40)(H2,33,34,36,37,39)/t21-,23-,24-,27-/m1/s1. The van der Waals surface area contributed by atoms with E-state index in [-0.39, 0.29) is 28.8 Å². The molecule has 1 aliphatic carbocycles. The Labute approximate surface area is 275 Å². The van der Waals surface area contributed by atoms with Crippen molar-refractivity contribution in [1.82, 2.24) is 30.2 Å². The molecule has 3 heterocycles. The van der Waals surface area contributed by atoms with Gasteiger partial charge in [-0.25, -0.2) is 24.5 Å². The monoisotopic (exact) mass is 677 g/mol. The Hall–Kier alpha value is -2.60. The highest BCUT2D eigenvalue weighted by atomic mass is 28.4. The van der Waals surface area contributed by atoms with Gasteiger partial charge in [-0.15, -0.1) is 0 Å². The van der Waals surface area contributed by atoms with Crippen LogP contribution in [0.4, 0.5) is 15.4 Å². The quantitative estimate of drug-likeness (QED) is 0.259. The van der Waals surface area contributed by atoms with Gasteiger partial charge in [0.15, 0.2) is 39.8 Å². The van der Waals surface area contributed by atoms with Crippen molar-refractivity contribution in [3.8, 4) is 0 Å². The molecule has 3 N–H and O–H groups in total. The second-order valence-corrected chi connectivity index (χ2v) is 25.1. The summed E-state index contributed by atoms with van der Waals surface area (Å²) in [6, 6.07) is -0.164. The SMILES string of the molecule is CNC(=O)OC[C@H]1O[C@@H](n2cnc3c(NC(=O)NC4CCCCC4)ncnc32)[C@H](O[Si](C)(C)C(C)(C)C)[C@@H]1O[Si](C)(C)C(C)(C)C. The van der Waals surface area contributed by atoms with Crippen LogP contribution in [0.15, 0.2) is 12.7 Å². The number of anilines is 1. The van der Waals surface area contributed by atoms with Crippen molar-refractivity contribution < 1.29 is 27.9 Å². The third-order valence-corrected chi connectivity index (χ3v) is 19.1. The molecule has 2 fully saturated rings. The minimum absolute atomic E-state index is 0.0252. The molecule has 0 aromatic carbocycles. The highest BCUT2D eigenvalue weighted by Gasteiger charge is 2.55. The van der Waals surface area contributed by atoms with E-state index in [2.05, 4.69) is 98.6 Å². The Morgan fingerprint density at radius 2 is 1.54 bits per heavy atom. The van der Waals surface area contributed by atoms with Crippen LogP contribution < -0.4 is 16.0 Å². The summed E-state index contributed by atoms with van der Waals surface area (Å²) in [5, 5.41) is 8.27. The van der Waals surface area contributed by atoms with Crippen LogP contribution in [0.1, 0.15) is 79.9 Å². The predicted octanol–water partition coefficient (Wildman–Crippen LogP) is 6.31. The third-order valence-electron chi connectivity index (χ3n) is 10.1. The minimum atomic E-state index is -2.39. The Morgan fingerprint density at radius 1 is 0.935 bits per heavy atom. The highest BCUT2D eigenvalue weighted by molar-refractivity contribution is 6.74. The lowest BCUT2D eigenvalue weighted by molar-refractivity contribution is -0.0513. The van der Waals surface area contributed by atoms with E-state index in [0.717, 1.165) is 25.7 Å². The molecule has 258 valence electrons. The molecule has 15 heteroatoms. The number of hydrogen-bond donors (Lipinski definition) is 3. The Balaban J connectivity index is 1.73. The normalized spacial score (nSPS) is 23.4. The number of aromatic nitrogens is 4. The zero-order chi connectivity index (χ0) is 34.1. The van der Waals surface area contributed by atoms with Crippen molar-refractivity contribution in [1.29, 1.82) is 0 Å². The van der Waals surface area contributed by atoms with E-state index in [1.165, 1.54) is 19.8 Å². The maximum atomic E-state index is 12.9. The summed E-state index contributed by atoms with van der Waals surface area (Å²) in [5.41, 5.74) is 0.915. The largest absolute Gasteiger partial charge is 0.447 e. The summed E-state index contributed by atoms with van der Waals surface area (Å²) in [6.45, 7) is 21.9. The van der Waals surface area contributed by atoms with Crippen LogP contribution in [0.25, 0.3) is 11.2 Å². The van der Waals surface area contributed by atoms with Crippen LogP contribution in [0.5, 0.6) is 0 Å². The van der Waals surface area contributed by atoms with E-state index in [4.69, 9.17) is 18.3 Å². The fraction of sp³-hybridized carbons (Fsp3) is 0.774. The Morgan fingerprint density at radius 3 is 2.13 bits per heavy atom. The number of nitrogens with one attached hydrogen (secondary N) is 3. The smallest absolute Gasteiger partial charge is 0.406 e. The fourth-order valence-electron chi connectivity index (χ4n) is 5.30. The third kappa shape index (κ3) is 8.09.